The van der Waals surface area contributed by atoms with Gasteiger partial charge in [-0.2, -0.15) is 13.2 Å². The van der Waals surface area contributed by atoms with Crippen LogP contribution in [0, 0.1) is 17.8 Å². The Bertz CT molecular complexity index is 867. The van der Waals surface area contributed by atoms with E-state index >= 15 is 0 Å². The van der Waals surface area contributed by atoms with Gasteiger partial charge >= 0.3 is 6.18 Å². The minimum Gasteiger partial charge on any atom is -0.353 e. The molecule has 2 aliphatic heterocycles. The lowest BCUT2D eigenvalue weighted by Crippen LogP contribution is -2.63. The number of halogens is 3. The second-order valence-electron chi connectivity index (χ2n) is 11.0. The molecular formula is C26H35F3N2O2. The van der Waals surface area contributed by atoms with Crippen LogP contribution in [0.15, 0.2) is 24.3 Å². The van der Waals surface area contributed by atoms with Crippen molar-refractivity contribution in [2.45, 2.75) is 89.3 Å². The monoisotopic (exact) mass is 464 g/mol. The Hall–Kier alpha value is -1.60. The summed E-state index contributed by atoms with van der Waals surface area (Å²) in [5.41, 5.74) is -0.105. The second kappa shape index (κ2) is 8.56. The van der Waals surface area contributed by atoms with E-state index in [1.807, 2.05) is 0 Å². The summed E-state index contributed by atoms with van der Waals surface area (Å²) in [6, 6.07) is 6.18. The van der Waals surface area contributed by atoms with E-state index in [1.54, 1.807) is 12.1 Å². The molecule has 2 aliphatic carbocycles. The molecule has 182 valence electrons. The maximum Gasteiger partial charge on any atom is 0.416 e. The summed E-state index contributed by atoms with van der Waals surface area (Å²) >= 11 is 0. The fourth-order valence-corrected chi connectivity index (χ4v) is 6.36. The molecule has 1 aromatic rings. The lowest BCUT2D eigenvalue weighted by atomic mass is 9.72. The zero-order valence-corrected chi connectivity index (χ0v) is 19.6. The van der Waals surface area contributed by atoms with E-state index in [1.165, 1.54) is 25.0 Å². The molecule has 4 fully saturated rings. The zero-order chi connectivity index (χ0) is 23.4. The third-order valence-corrected chi connectivity index (χ3v) is 8.39. The number of nitrogens with zero attached hydrogens (tertiary/aromatic N) is 2. The van der Waals surface area contributed by atoms with E-state index in [0.29, 0.717) is 43.4 Å². The fourth-order valence-electron chi connectivity index (χ4n) is 6.36. The van der Waals surface area contributed by atoms with Gasteiger partial charge in [0.2, 0.25) is 5.91 Å². The molecule has 0 bridgehead atoms. The largest absolute Gasteiger partial charge is 0.416 e. The highest BCUT2D eigenvalue weighted by molar-refractivity contribution is 5.78. The Balaban J connectivity index is 1.32. The van der Waals surface area contributed by atoms with Gasteiger partial charge in [0.1, 0.15) is 5.72 Å². The summed E-state index contributed by atoms with van der Waals surface area (Å²) in [5, 5.41) is 0. The molecule has 0 aromatic heterocycles. The summed E-state index contributed by atoms with van der Waals surface area (Å²) in [4.78, 5) is 17.5. The van der Waals surface area contributed by atoms with Gasteiger partial charge in [-0.05, 0) is 68.1 Å². The predicted molar refractivity (Wildman–Crippen MR) is 119 cm³/mol. The van der Waals surface area contributed by atoms with Gasteiger partial charge < -0.3 is 9.64 Å². The standard InChI is InChI=1S/C26H35F3N2O2/c1-17(2)23-16-33-25-12-11-22(13-21(25)9-10-24(32)31(23)25)30(14-18-3-4-18)15-19-5-7-20(8-6-19)26(27,28)29/h5-8,17-18,21-23H,3-4,9-16H2,1-2H3/t21-,22+,23-,25-/m1/s1. The van der Waals surface area contributed by atoms with Crippen molar-refractivity contribution in [1.82, 2.24) is 9.80 Å². The van der Waals surface area contributed by atoms with E-state index in [9.17, 15) is 18.0 Å². The van der Waals surface area contributed by atoms with Gasteiger partial charge in [0.25, 0.3) is 0 Å². The molecule has 7 heteroatoms. The molecular weight excluding hydrogens is 429 g/mol. The molecule has 1 spiro atoms. The number of ether oxygens (including phenoxy) is 1. The van der Waals surface area contributed by atoms with Crippen LogP contribution < -0.4 is 0 Å². The molecule has 5 rings (SSSR count). The molecule has 0 radical (unpaired) electrons. The fraction of sp³-hybridized carbons (Fsp3) is 0.731. The molecule has 2 saturated heterocycles. The van der Waals surface area contributed by atoms with Crippen LogP contribution in [-0.2, 0) is 22.3 Å². The van der Waals surface area contributed by atoms with E-state index in [-0.39, 0.29) is 11.9 Å². The Morgan fingerprint density at radius 3 is 2.52 bits per heavy atom. The number of rotatable bonds is 6. The summed E-state index contributed by atoms with van der Waals surface area (Å²) in [7, 11) is 0. The Labute approximate surface area is 194 Å². The predicted octanol–water partition coefficient (Wildman–Crippen LogP) is 5.46. The highest BCUT2D eigenvalue weighted by atomic mass is 19.4. The maximum atomic E-state index is 13.0. The van der Waals surface area contributed by atoms with Gasteiger partial charge in [0.15, 0.2) is 0 Å². The number of benzene rings is 1. The normalized spacial score (nSPS) is 32.4. The number of piperidine rings is 1. The lowest BCUT2D eigenvalue weighted by molar-refractivity contribution is -0.191. The molecule has 1 amide bonds. The number of hydrogen-bond acceptors (Lipinski definition) is 3. The Morgan fingerprint density at radius 2 is 1.88 bits per heavy atom. The van der Waals surface area contributed by atoms with Crippen LogP contribution >= 0.6 is 0 Å². The van der Waals surface area contributed by atoms with Crippen molar-refractivity contribution in [2.24, 2.45) is 17.8 Å². The van der Waals surface area contributed by atoms with E-state index < -0.39 is 17.5 Å². The van der Waals surface area contributed by atoms with Crippen molar-refractivity contribution in [1.29, 1.82) is 0 Å². The third-order valence-electron chi connectivity index (χ3n) is 8.39. The van der Waals surface area contributed by atoms with Crippen molar-refractivity contribution < 1.29 is 22.7 Å². The van der Waals surface area contributed by atoms with Crippen molar-refractivity contribution >= 4 is 5.91 Å². The highest BCUT2D eigenvalue weighted by Crippen LogP contribution is 2.51. The topological polar surface area (TPSA) is 32.8 Å². The molecule has 2 heterocycles. The van der Waals surface area contributed by atoms with Crippen LogP contribution in [0.3, 0.4) is 0 Å². The van der Waals surface area contributed by atoms with Crippen molar-refractivity contribution in [2.75, 3.05) is 13.2 Å². The smallest absolute Gasteiger partial charge is 0.353 e. The first-order valence-corrected chi connectivity index (χ1v) is 12.5. The molecule has 0 N–H and O–H groups in total. The first kappa shape index (κ1) is 23.2. The zero-order valence-electron chi connectivity index (χ0n) is 19.6. The third kappa shape index (κ3) is 4.43. The van der Waals surface area contributed by atoms with Gasteiger partial charge in [0.05, 0.1) is 18.2 Å². The maximum absolute atomic E-state index is 13.0. The number of alkyl halides is 3. The lowest BCUT2D eigenvalue weighted by Gasteiger charge is -2.53. The van der Waals surface area contributed by atoms with Crippen LogP contribution in [0.2, 0.25) is 0 Å². The number of amides is 1. The van der Waals surface area contributed by atoms with Crippen molar-refractivity contribution in [3.63, 3.8) is 0 Å². The summed E-state index contributed by atoms with van der Waals surface area (Å²) < 4.78 is 45.4. The molecule has 2 saturated carbocycles. The van der Waals surface area contributed by atoms with E-state index in [0.717, 1.165) is 37.8 Å². The molecule has 0 unspecified atom stereocenters. The molecule has 4 atom stereocenters. The average Bonchev–Trinajstić information content (AvgIpc) is 3.49. The van der Waals surface area contributed by atoms with Crippen LogP contribution in [-0.4, -0.2) is 46.7 Å². The summed E-state index contributed by atoms with van der Waals surface area (Å²) in [6.07, 6.45) is 2.44. The van der Waals surface area contributed by atoms with E-state index in [4.69, 9.17) is 4.74 Å². The summed E-state index contributed by atoms with van der Waals surface area (Å²) in [5.74, 6) is 1.64. The van der Waals surface area contributed by atoms with Gasteiger partial charge in [-0.3, -0.25) is 9.69 Å². The van der Waals surface area contributed by atoms with Crippen molar-refractivity contribution in [3.8, 4) is 0 Å². The minimum absolute atomic E-state index is 0.159. The SMILES string of the molecule is CC(C)[C@H]1CO[C@]23CC[C@H](N(Cc4ccc(C(F)(F)F)cc4)CC4CC4)C[C@H]2CCC(=O)N13. The molecule has 1 aromatic carbocycles. The quantitative estimate of drug-likeness (QED) is 0.561. The average molecular weight is 465 g/mol. The van der Waals surface area contributed by atoms with Crippen LogP contribution in [0.5, 0.6) is 0 Å². The van der Waals surface area contributed by atoms with Crippen molar-refractivity contribution in [3.05, 3.63) is 35.4 Å². The number of carbonyl (C=O) groups excluding carboxylic acids is 1. The molecule has 4 aliphatic rings. The first-order valence-electron chi connectivity index (χ1n) is 12.5. The Kier molecular flexibility index (Phi) is 6.01. The first-order chi connectivity index (χ1) is 15.7. The summed E-state index contributed by atoms with van der Waals surface area (Å²) in [6.45, 7) is 6.64. The Morgan fingerprint density at radius 1 is 1.15 bits per heavy atom. The van der Waals surface area contributed by atoms with Crippen LogP contribution in [0.4, 0.5) is 13.2 Å². The molecule has 4 nitrogen and oxygen atoms in total. The number of carbonyl (C=O) groups is 1. The van der Waals surface area contributed by atoms with Crippen LogP contribution in [0.1, 0.15) is 69.9 Å². The number of hydrogen-bond donors (Lipinski definition) is 0. The molecule has 33 heavy (non-hydrogen) atoms. The minimum atomic E-state index is -4.30. The van der Waals surface area contributed by atoms with Gasteiger partial charge in [-0.15, -0.1) is 0 Å². The van der Waals surface area contributed by atoms with Gasteiger partial charge in [-0.1, -0.05) is 26.0 Å². The van der Waals surface area contributed by atoms with E-state index in [2.05, 4.69) is 23.6 Å². The second-order valence-corrected chi connectivity index (χ2v) is 11.0. The van der Waals surface area contributed by atoms with Gasteiger partial charge in [0, 0.05) is 31.5 Å². The van der Waals surface area contributed by atoms with Crippen LogP contribution in [0.25, 0.3) is 0 Å². The van der Waals surface area contributed by atoms with Gasteiger partial charge in [-0.25, -0.2) is 0 Å². The highest BCUT2D eigenvalue weighted by Gasteiger charge is 2.59.